The molecule has 60 heavy (non-hydrogen) atoms. The normalized spacial score (nSPS) is 16.5. The van der Waals surface area contributed by atoms with E-state index >= 15 is 0 Å². The van der Waals surface area contributed by atoms with Crippen LogP contribution in [0, 0.1) is 27.7 Å². The predicted octanol–water partition coefficient (Wildman–Crippen LogP) is 16.3. The van der Waals surface area contributed by atoms with Crippen LogP contribution in [0.15, 0.2) is 121 Å². The van der Waals surface area contributed by atoms with Crippen molar-refractivity contribution >= 4 is 45.5 Å². The minimum Gasteiger partial charge on any atom is -0.385 e. The van der Waals surface area contributed by atoms with Crippen LogP contribution < -0.4 is 20.4 Å². The maximum atomic E-state index is 3.69. The van der Waals surface area contributed by atoms with E-state index in [9.17, 15) is 0 Å². The second kappa shape index (κ2) is 18.0. The van der Waals surface area contributed by atoms with E-state index in [0.717, 1.165) is 19.5 Å². The highest BCUT2D eigenvalue weighted by atomic mass is 15.2. The van der Waals surface area contributed by atoms with Crippen molar-refractivity contribution in [1.82, 2.24) is 0 Å². The standard InChI is InChI=1S/C56H66N4/c1-8-11-31-57-43-33-39(4)54(40(5)34-43)59(45-20-15-13-16-21-45)47-25-27-49-50-28-26-48(38-53(50)56(29-10-3)30-19-24-52(56)51(49)37-47)60(46-22-17-14-18-23-46)55-41(6)35-44(36-42(55)7)58-32-12-9-2/h13-18,20-23,25-28,33-38,52,57-58H,8-12,19,24,29-32H2,1-7H3/t52-,56-/m0/s1. The zero-order valence-corrected chi connectivity index (χ0v) is 37.3. The van der Waals surface area contributed by atoms with Crippen molar-refractivity contribution in [2.24, 2.45) is 0 Å². The Morgan fingerprint density at radius 3 is 1.50 bits per heavy atom. The fourth-order valence-electron chi connectivity index (χ4n) is 10.9. The Morgan fingerprint density at radius 1 is 0.533 bits per heavy atom. The van der Waals surface area contributed by atoms with Crippen molar-refractivity contribution in [1.29, 1.82) is 0 Å². The Hall–Kier alpha value is -5.48. The number of fused-ring (bicyclic) bond motifs is 6. The number of benzene rings is 6. The Morgan fingerprint density at radius 2 is 1.02 bits per heavy atom. The molecule has 0 radical (unpaired) electrons. The topological polar surface area (TPSA) is 30.5 Å². The molecule has 8 rings (SSSR count). The summed E-state index contributed by atoms with van der Waals surface area (Å²) in [5, 5.41) is 7.37. The lowest BCUT2D eigenvalue weighted by Crippen LogP contribution is -2.33. The molecule has 0 aliphatic heterocycles. The van der Waals surface area contributed by atoms with E-state index in [1.807, 2.05) is 0 Å². The molecule has 1 fully saturated rings. The van der Waals surface area contributed by atoms with Gasteiger partial charge in [-0.25, -0.2) is 0 Å². The van der Waals surface area contributed by atoms with E-state index in [2.05, 4.69) is 190 Å². The molecule has 0 spiro atoms. The SMILES string of the molecule is CCCCNc1cc(C)c(N(c2ccccc2)c2ccc3c(c2)[C@@H]2CCC[C@]2(CCC)c2cc(N(c4ccccc4)c4c(C)cc(NCCCC)cc4C)ccc2-3)c(C)c1. The Balaban J connectivity index is 1.26. The smallest absolute Gasteiger partial charge is 0.0521 e. The molecule has 1 saturated carbocycles. The monoisotopic (exact) mass is 795 g/mol. The minimum atomic E-state index is 0.0838. The average Bonchev–Trinajstić information content (AvgIpc) is 3.69. The summed E-state index contributed by atoms with van der Waals surface area (Å²) in [6.45, 7) is 18.0. The number of unbranched alkanes of at least 4 members (excludes halogenated alkanes) is 2. The molecule has 2 N–H and O–H groups in total. The fraction of sp³-hybridized carbons (Fsp3) is 0.357. The summed E-state index contributed by atoms with van der Waals surface area (Å²) in [6, 6.07) is 46.2. The largest absolute Gasteiger partial charge is 0.385 e. The van der Waals surface area contributed by atoms with Gasteiger partial charge in [-0.1, -0.05) is 95.0 Å². The van der Waals surface area contributed by atoms with Crippen LogP contribution in [0.3, 0.4) is 0 Å². The first kappa shape index (κ1) is 41.3. The summed E-state index contributed by atoms with van der Waals surface area (Å²) in [6.07, 6.45) is 10.8. The minimum absolute atomic E-state index is 0.0838. The molecule has 2 aliphatic rings. The van der Waals surface area contributed by atoms with Crippen LogP contribution in [-0.2, 0) is 5.41 Å². The Bertz CT molecular complexity index is 2370. The van der Waals surface area contributed by atoms with E-state index in [4.69, 9.17) is 0 Å². The van der Waals surface area contributed by atoms with Gasteiger partial charge >= 0.3 is 0 Å². The molecule has 0 bridgehead atoms. The molecule has 4 heteroatoms. The van der Waals surface area contributed by atoms with Gasteiger partial charge in [0.05, 0.1) is 11.4 Å². The number of aryl methyl sites for hydroxylation is 4. The fourth-order valence-corrected chi connectivity index (χ4v) is 10.9. The maximum Gasteiger partial charge on any atom is 0.0521 e. The first-order valence-corrected chi connectivity index (χ1v) is 23.0. The lowest BCUT2D eigenvalue weighted by atomic mass is 9.60. The van der Waals surface area contributed by atoms with Crippen molar-refractivity contribution in [2.75, 3.05) is 33.5 Å². The molecule has 6 aromatic carbocycles. The first-order chi connectivity index (χ1) is 29.3. The summed E-state index contributed by atoms with van der Waals surface area (Å²) in [5.41, 5.74) is 20.9. The summed E-state index contributed by atoms with van der Waals surface area (Å²) in [7, 11) is 0. The average molecular weight is 795 g/mol. The van der Waals surface area contributed by atoms with E-state index in [1.54, 1.807) is 0 Å². The highest BCUT2D eigenvalue weighted by Gasteiger charge is 2.49. The summed E-state index contributed by atoms with van der Waals surface area (Å²) < 4.78 is 0. The van der Waals surface area contributed by atoms with Gasteiger partial charge in [0.25, 0.3) is 0 Å². The van der Waals surface area contributed by atoms with Crippen LogP contribution in [-0.4, -0.2) is 13.1 Å². The Kier molecular flexibility index (Phi) is 12.4. The second-order valence-electron chi connectivity index (χ2n) is 17.7. The number of nitrogens with one attached hydrogen (secondary N) is 2. The quantitative estimate of drug-likeness (QED) is 0.0956. The van der Waals surface area contributed by atoms with Crippen molar-refractivity contribution < 1.29 is 0 Å². The van der Waals surface area contributed by atoms with Gasteiger partial charge < -0.3 is 20.4 Å². The first-order valence-electron chi connectivity index (χ1n) is 23.0. The van der Waals surface area contributed by atoms with Crippen LogP contribution in [0.25, 0.3) is 11.1 Å². The number of rotatable bonds is 16. The maximum absolute atomic E-state index is 3.69. The molecule has 0 amide bonds. The molecule has 310 valence electrons. The third kappa shape index (κ3) is 7.82. The summed E-state index contributed by atoms with van der Waals surface area (Å²) in [4.78, 5) is 5.04. The van der Waals surface area contributed by atoms with Gasteiger partial charge in [0, 0.05) is 52.6 Å². The highest BCUT2D eigenvalue weighted by molar-refractivity contribution is 5.88. The third-order valence-electron chi connectivity index (χ3n) is 13.4. The molecule has 2 aliphatic carbocycles. The number of anilines is 8. The van der Waals surface area contributed by atoms with Gasteiger partial charge in [-0.05, 0) is 183 Å². The van der Waals surface area contributed by atoms with Crippen molar-refractivity contribution in [3.05, 3.63) is 155 Å². The number of para-hydroxylation sites is 2. The van der Waals surface area contributed by atoms with E-state index in [0.29, 0.717) is 5.92 Å². The molecule has 0 unspecified atom stereocenters. The van der Waals surface area contributed by atoms with Gasteiger partial charge in [0.2, 0.25) is 0 Å². The number of hydrogen-bond donors (Lipinski definition) is 2. The van der Waals surface area contributed by atoms with Gasteiger partial charge in [0.1, 0.15) is 0 Å². The van der Waals surface area contributed by atoms with Crippen LogP contribution in [0.1, 0.15) is 118 Å². The number of nitrogens with zero attached hydrogens (tertiary/aromatic N) is 2. The van der Waals surface area contributed by atoms with Crippen LogP contribution in [0.4, 0.5) is 45.5 Å². The lowest BCUT2D eigenvalue weighted by Gasteiger charge is -2.44. The lowest BCUT2D eigenvalue weighted by molar-refractivity contribution is 0.353. The zero-order valence-electron chi connectivity index (χ0n) is 37.3. The third-order valence-corrected chi connectivity index (χ3v) is 13.4. The molecular weight excluding hydrogens is 729 g/mol. The second-order valence-corrected chi connectivity index (χ2v) is 17.7. The molecule has 0 heterocycles. The van der Waals surface area contributed by atoms with Crippen molar-refractivity contribution in [3.8, 4) is 11.1 Å². The zero-order chi connectivity index (χ0) is 41.8. The van der Waals surface area contributed by atoms with Gasteiger partial charge in [0.15, 0.2) is 0 Å². The molecule has 6 aromatic rings. The van der Waals surface area contributed by atoms with E-state index < -0.39 is 0 Å². The predicted molar refractivity (Wildman–Crippen MR) is 260 cm³/mol. The molecule has 2 atom stereocenters. The van der Waals surface area contributed by atoms with Crippen LogP contribution in [0.2, 0.25) is 0 Å². The van der Waals surface area contributed by atoms with Crippen molar-refractivity contribution in [3.63, 3.8) is 0 Å². The Labute approximate surface area is 361 Å². The van der Waals surface area contributed by atoms with Gasteiger partial charge in [-0.15, -0.1) is 0 Å². The highest BCUT2D eigenvalue weighted by Crippen LogP contribution is 2.62. The van der Waals surface area contributed by atoms with Crippen LogP contribution in [0.5, 0.6) is 0 Å². The van der Waals surface area contributed by atoms with Crippen molar-refractivity contribution in [2.45, 2.75) is 118 Å². The molecule has 0 saturated heterocycles. The van der Waals surface area contributed by atoms with Gasteiger partial charge in [-0.2, -0.15) is 0 Å². The van der Waals surface area contributed by atoms with E-state index in [1.165, 1.54) is 141 Å². The summed E-state index contributed by atoms with van der Waals surface area (Å²) in [5.74, 6) is 0.460. The van der Waals surface area contributed by atoms with Crippen LogP contribution >= 0.6 is 0 Å². The molecular formula is C56H66N4. The molecule has 0 aromatic heterocycles. The molecule has 4 nitrogen and oxygen atoms in total. The van der Waals surface area contributed by atoms with Gasteiger partial charge in [-0.3, -0.25) is 0 Å². The van der Waals surface area contributed by atoms with E-state index in [-0.39, 0.29) is 5.41 Å². The number of hydrogen-bond acceptors (Lipinski definition) is 4. The summed E-state index contributed by atoms with van der Waals surface area (Å²) >= 11 is 0.